The first kappa shape index (κ1) is 35.3. The van der Waals surface area contributed by atoms with Gasteiger partial charge in [-0.1, -0.05) is 184 Å². The van der Waals surface area contributed by atoms with Gasteiger partial charge in [-0.25, -0.2) is 9.97 Å². The largest absolute Gasteiger partial charge is 0.228 e. The summed E-state index contributed by atoms with van der Waals surface area (Å²) in [6.45, 7) is 4.74. The Morgan fingerprint density at radius 1 is 0.311 bits per heavy atom. The van der Waals surface area contributed by atoms with Crippen LogP contribution in [0.3, 0.4) is 0 Å². The van der Waals surface area contributed by atoms with E-state index in [2.05, 4.69) is 220 Å². The van der Waals surface area contributed by atoms with Crippen LogP contribution >= 0.6 is 0 Å². The second-order valence-electron chi connectivity index (χ2n) is 16.9. The van der Waals surface area contributed by atoms with Gasteiger partial charge in [0.15, 0.2) is 5.82 Å². The summed E-state index contributed by atoms with van der Waals surface area (Å²) in [7, 11) is 0. The summed E-state index contributed by atoms with van der Waals surface area (Å²) in [5.74, 6) is 0.705. The molecule has 0 fully saturated rings. The zero-order chi connectivity index (χ0) is 40.7. The van der Waals surface area contributed by atoms with Gasteiger partial charge < -0.3 is 0 Å². The maximum atomic E-state index is 5.37. The van der Waals surface area contributed by atoms with Crippen LogP contribution in [0.5, 0.6) is 0 Å². The number of fused-ring (bicyclic) bond motifs is 7. The molecule has 61 heavy (non-hydrogen) atoms. The van der Waals surface area contributed by atoms with E-state index in [0.29, 0.717) is 5.82 Å². The first-order valence-corrected chi connectivity index (χ1v) is 21.1. The summed E-state index contributed by atoms with van der Waals surface area (Å²) >= 11 is 0. The molecular formula is C59H40N2. The highest BCUT2D eigenvalue weighted by atomic mass is 14.9. The van der Waals surface area contributed by atoms with Crippen LogP contribution in [-0.2, 0) is 5.41 Å². The highest BCUT2D eigenvalue weighted by Crippen LogP contribution is 2.54. The summed E-state index contributed by atoms with van der Waals surface area (Å²) in [6, 6.07) is 75.0. The minimum Gasteiger partial charge on any atom is -0.228 e. The Kier molecular flexibility index (Phi) is 7.92. The van der Waals surface area contributed by atoms with Gasteiger partial charge in [-0.3, -0.25) is 0 Å². The van der Waals surface area contributed by atoms with E-state index in [1.165, 1.54) is 82.2 Å². The molecule has 12 rings (SSSR count). The van der Waals surface area contributed by atoms with Gasteiger partial charge in [0, 0.05) is 22.1 Å². The maximum absolute atomic E-state index is 5.37. The molecule has 0 spiro atoms. The molecule has 1 aliphatic carbocycles. The molecule has 11 aromatic rings. The standard InChI is InChI=1S/C59H40N2/c1-59(2)53-25-13-24-50(57(53)52-34-41-18-7-8-19-42(41)35-54(52)59)47-22-11-9-20-45(47)49-30-31-51(48-23-12-10-21-46(48)49)58-60-55(43-28-26-37-14-3-5-16-39(37)32-43)36-56(61-58)44-29-27-38-15-4-6-17-40(38)33-44/h3-36H,1-2H3. The predicted octanol–water partition coefficient (Wildman–Crippen LogP) is 15.7. The van der Waals surface area contributed by atoms with E-state index in [4.69, 9.17) is 9.97 Å². The van der Waals surface area contributed by atoms with Crippen LogP contribution in [-0.4, -0.2) is 9.97 Å². The van der Waals surface area contributed by atoms with Gasteiger partial charge in [0.05, 0.1) is 11.4 Å². The highest BCUT2D eigenvalue weighted by Gasteiger charge is 2.37. The van der Waals surface area contributed by atoms with Crippen molar-refractivity contribution in [2.45, 2.75) is 19.3 Å². The summed E-state index contributed by atoms with van der Waals surface area (Å²) in [5, 5.41) is 9.62. The Labute approximate surface area is 355 Å². The number of nitrogens with zero attached hydrogens (tertiary/aromatic N) is 2. The molecule has 0 bridgehead atoms. The topological polar surface area (TPSA) is 25.8 Å². The molecule has 286 valence electrons. The van der Waals surface area contributed by atoms with Crippen LogP contribution < -0.4 is 0 Å². The molecule has 0 saturated heterocycles. The lowest BCUT2D eigenvalue weighted by molar-refractivity contribution is 0.661. The SMILES string of the molecule is CC1(C)c2cc3ccccc3cc2-c2c(-c3ccccc3-c3ccc(-c4nc(-c5ccc6ccccc6c5)cc(-c5ccc6ccccc6c5)n4)c4ccccc34)cccc21. The van der Waals surface area contributed by atoms with Crippen molar-refractivity contribution in [3.05, 3.63) is 217 Å². The number of rotatable bonds is 5. The number of aromatic nitrogens is 2. The Hall–Kier alpha value is -7.68. The molecule has 1 heterocycles. The molecule has 2 nitrogen and oxygen atoms in total. The third kappa shape index (κ3) is 5.71. The lowest BCUT2D eigenvalue weighted by Crippen LogP contribution is -2.14. The van der Waals surface area contributed by atoms with E-state index in [9.17, 15) is 0 Å². The van der Waals surface area contributed by atoms with Crippen LogP contribution in [0.2, 0.25) is 0 Å². The van der Waals surface area contributed by atoms with Crippen molar-refractivity contribution in [2.75, 3.05) is 0 Å². The second kappa shape index (κ2) is 13.7. The molecule has 0 saturated carbocycles. The van der Waals surface area contributed by atoms with Crippen molar-refractivity contribution in [1.29, 1.82) is 0 Å². The van der Waals surface area contributed by atoms with E-state index in [0.717, 1.165) is 33.5 Å². The number of hydrogen-bond donors (Lipinski definition) is 0. The number of hydrogen-bond acceptors (Lipinski definition) is 2. The lowest BCUT2D eigenvalue weighted by Gasteiger charge is -2.22. The van der Waals surface area contributed by atoms with Crippen molar-refractivity contribution >= 4 is 43.1 Å². The van der Waals surface area contributed by atoms with Crippen LogP contribution in [0.25, 0.3) is 110 Å². The van der Waals surface area contributed by atoms with E-state index in [-0.39, 0.29) is 5.41 Å². The number of benzene rings is 10. The molecule has 0 amide bonds. The summed E-state index contributed by atoms with van der Waals surface area (Å²) in [6.07, 6.45) is 0. The van der Waals surface area contributed by atoms with Crippen molar-refractivity contribution in [3.63, 3.8) is 0 Å². The van der Waals surface area contributed by atoms with E-state index < -0.39 is 0 Å². The summed E-state index contributed by atoms with van der Waals surface area (Å²) in [5.41, 5.74) is 15.1. The van der Waals surface area contributed by atoms with Crippen LogP contribution in [0.1, 0.15) is 25.0 Å². The molecule has 1 aromatic heterocycles. The molecule has 0 N–H and O–H groups in total. The average molecular weight is 777 g/mol. The molecule has 0 atom stereocenters. The van der Waals surface area contributed by atoms with Crippen LogP contribution in [0.4, 0.5) is 0 Å². The van der Waals surface area contributed by atoms with E-state index >= 15 is 0 Å². The third-order valence-corrected chi connectivity index (χ3v) is 13.1. The molecule has 2 heteroatoms. The zero-order valence-corrected chi connectivity index (χ0v) is 34.0. The fourth-order valence-corrected chi connectivity index (χ4v) is 9.94. The monoisotopic (exact) mass is 776 g/mol. The van der Waals surface area contributed by atoms with Crippen LogP contribution in [0, 0.1) is 0 Å². The van der Waals surface area contributed by atoms with Crippen molar-refractivity contribution in [2.24, 2.45) is 0 Å². The van der Waals surface area contributed by atoms with Gasteiger partial charge >= 0.3 is 0 Å². The molecule has 0 aliphatic heterocycles. The minimum absolute atomic E-state index is 0.124. The minimum atomic E-state index is -0.124. The highest BCUT2D eigenvalue weighted by molar-refractivity contribution is 6.08. The van der Waals surface area contributed by atoms with E-state index in [1.54, 1.807) is 0 Å². The Bertz CT molecular complexity index is 3480. The summed E-state index contributed by atoms with van der Waals surface area (Å²) < 4.78 is 0. The Morgan fingerprint density at radius 3 is 1.41 bits per heavy atom. The molecular weight excluding hydrogens is 737 g/mol. The predicted molar refractivity (Wildman–Crippen MR) is 257 cm³/mol. The van der Waals surface area contributed by atoms with Gasteiger partial charge in [-0.05, 0) is 124 Å². The van der Waals surface area contributed by atoms with Crippen molar-refractivity contribution in [3.8, 4) is 67.3 Å². The molecule has 0 radical (unpaired) electrons. The van der Waals surface area contributed by atoms with Gasteiger partial charge in [-0.15, -0.1) is 0 Å². The maximum Gasteiger partial charge on any atom is 0.161 e. The molecule has 0 unspecified atom stereocenters. The van der Waals surface area contributed by atoms with Gasteiger partial charge in [0.25, 0.3) is 0 Å². The fraction of sp³-hybridized carbons (Fsp3) is 0.0508. The molecule has 1 aliphatic rings. The summed E-state index contributed by atoms with van der Waals surface area (Å²) in [4.78, 5) is 10.7. The quantitative estimate of drug-likeness (QED) is 0.174. The Balaban J connectivity index is 1.04. The smallest absolute Gasteiger partial charge is 0.161 e. The van der Waals surface area contributed by atoms with Crippen LogP contribution in [0.15, 0.2) is 206 Å². The van der Waals surface area contributed by atoms with Crippen molar-refractivity contribution < 1.29 is 0 Å². The fourth-order valence-electron chi connectivity index (χ4n) is 9.94. The first-order chi connectivity index (χ1) is 30.0. The normalized spacial score (nSPS) is 12.9. The third-order valence-electron chi connectivity index (χ3n) is 13.1. The zero-order valence-electron chi connectivity index (χ0n) is 34.0. The first-order valence-electron chi connectivity index (χ1n) is 21.1. The second-order valence-corrected chi connectivity index (χ2v) is 16.9. The van der Waals surface area contributed by atoms with Crippen molar-refractivity contribution in [1.82, 2.24) is 9.97 Å². The van der Waals surface area contributed by atoms with Gasteiger partial charge in [0.2, 0.25) is 0 Å². The van der Waals surface area contributed by atoms with Gasteiger partial charge in [0.1, 0.15) is 0 Å². The average Bonchev–Trinajstić information content (AvgIpc) is 3.54. The molecule has 10 aromatic carbocycles. The lowest BCUT2D eigenvalue weighted by atomic mass is 9.81. The Morgan fingerprint density at radius 2 is 0.787 bits per heavy atom. The van der Waals surface area contributed by atoms with Gasteiger partial charge in [-0.2, -0.15) is 0 Å². The van der Waals surface area contributed by atoms with E-state index in [1.807, 2.05) is 0 Å².